The molecule has 0 N–H and O–H groups in total. The molecule has 9 heteroatoms. The summed E-state index contributed by atoms with van der Waals surface area (Å²) in [5.74, 6) is -5.33. The predicted molar refractivity (Wildman–Crippen MR) is 89.1 cm³/mol. The van der Waals surface area contributed by atoms with Gasteiger partial charge >= 0.3 is 29.7 Å². The topological polar surface area (TPSA) is 114 Å². The second-order valence-corrected chi connectivity index (χ2v) is 7.86. The largest absolute Gasteiger partial charge is 0.509 e. The van der Waals surface area contributed by atoms with Crippen molar-refractivity contribution in [3.8, 4) is 0 Å². The Kier molecular flexibility index (Phi) is 5.27. The Morgan fingerprint density at radius 2 is 1.67 bits per heavy atom. The summed E-state index contributed by atoms with van der Waals surface area (Å²) in [6, 6.07) is 0. The molecule has 0 aromatic rings. The highest BCUT2D eigenvalue weighted by atomic mass is 16.8. The lowest BCUT2D eigenvalue weighted by Crippen LogP contribution is -2.63. The molecule has 2 atom stereocenters. The lowest BCUT2D eigenvalue weighted by atomic mass is 9.85. The smallest absolute Gasteiger partial charge is 0.434 e. The number of hydrogen-bond donors (Lipinski definition) is 0. The molecule has 2 aliphatic rings. The Hall–Kier alpha value is -2.58. The number of ether oxygens (including phenoxy) is 5. The van der Waals surface area contributed by atoms with Crippen molar-refractivity contribution in [2.75, 3.05) is 0 Å². The van der Waals surface area contributed by atoms with Gasteiger partial charge in [-0.2, -0.15) is 0 Å². The maximum Gasteiger partial charge on any atom is 0.509 e. The van der Waals surface area contributed by atoms with Gasteiger partial charge in [0.1, 0.15) is 11.7 Å². The van der Waals surface area contributed by atoms with Gasteiger partial charge in [0, 0.05) is 26.7 Å². The van der Waals surface area contributed by atoms with Crippen LogP contribution in [0.1, 0.15) is 48.0 Å². The van der Waals surface area contributed by atoms with Gasteiger partial charge in [-0.15, -0.1) is 0 Å². The minimum absolute atomic E-state index is 0.0111. The van der Waals surface area contributed by atoms with Crippen LogP contribution in [0, 0.1) is 5.92 Å². The fraction of sp³-hybridized carbons (Fsp3) is 0.667. The first kappa shape index (κ1) is 20.7. The Labute approximate surface area is 156 Å². The van der Waals surface area contributed by atoms with Crippen LogP contribution in [-0.4, -0.2) is 47.2 Å². The number of rotatable bonds is 3. The van der Waals surface area contributed by atoms with E-state index in [1.807, 2.05) is 0 Å². The molecule has 0 spiro atoms. The van der Waals surface area contributed by atoms with Gasteiger partial charge in [-0.05, 0) is 33.3 Å². The zero-order valence-corrected chi connectivity index (χ0v) is 16.2. The fourth-order valence-corrected chi connectivity index (χ4v) is 2.84. The van der Waals surface area contributed by atoms with E-state index in [0.717, 1.165) is 6.92 Å². The minimum Gasteiger partial charge on any atom is -0.434 e. The molecule has 0 saturated carbocycles. The summed E-state index contributed by atoms with van der Waals surface area (Å²) in [5, 5.41) is 0. The summed E-state index contributed by atoms with van der Waals surface area (Å²) in [7, 11) is 0. The van der Waals surface area contributed by atoms with E-state index in [-0.39, 0.29) is 6.42 Å². The highest BCUT2D eigenvalue weighted by Gasteiger charge is 2.64. The van der Waals surface area contributed by atoms with Crippen molar-refractivity contribution in [1.82, 2.24) is 0 Å². The van der Waals surface area contributed by atoms with Crippen molar-refractivity contribution >= 4 is 24.1 Å². The molecule has 2 rings (SSSR count). The Morgan fingerprint density at radius 1 is 1.11 bits per heavy atom. The summed E-state index contributed by atoms with van der Waals surface area (Å²) in [6.07, 6.45) is 1.29. The Bertz CT molecular complexity index is 663. The van der Waals surface area contributed by atoms with Crippen LogP contribution in [0.5, 0.6) is 0 Å². The third-order valence-corrected chi connectivity index (χ3v) is 3.79. The second-order valence-electron chi connectivity index (χ2n) is 7.86. The molecule has 0 bridgehead atoms. The molecule has 1 fully saturated rings. The molecule has 1 heterocycles. The average Bonchev–Trinajstić information content (AvgIpc) is 2.88. The lowest BCUT2D eigenvalue weighted by Gasteiger charge is -2.41. The standard InChI is InChI=1S/C18H24O9/c1-10(19)24-18(13(20)25-17(5,6)26-14(18)21)11-7-8-12(9-11)23-15(22)27-16(2,3)4/h7-8,11-12H,9H2,1-6H3/t11-,12+/m1/s1. The van der Waals surface area contributed by atoms with Crippen LogP contribution in [0.4, 0.5) is 4.79 Å². The third kappa shape index (κ3) is 4.58. The van der Waals surface area contributed by atoms with Crippen LogP contribution in [0.25, 0.3) is 0 Å². The van der Waals surface area contributed by atoms with Crippen molar-refractivity contribution in [2.45, 2.75) is 71.1 Å². The number of hydrogen-bond acceptors (Lipinski definition) is 9. The molecule has 0 aromatic carbocycles. The summed E-state index contributed by atoms with van der Waals surface area (Å²) < 4.78 is 25.6. The zero-order valence-electron chi connectivity index (χ0n) is 16.2. The molecule has 1 aliphatic carbocycles. The fourth-order valence-electron chi connectivity index (χ4n) is 2.84. The normalized spacial score (nSPS) is 26.0. The average molecular weight is 384 g/mol. The van der Waals surface area contributed by atoms with Gasteiger partial charge in [0.15, 0.2) is 0 Å². The second kappa shape index (κ2) is 6.86. The van der Waals surface area contributed by atoms with Crippen molar-refractivity contribution in [3.05, 3.63) is 12.2 Å². The molecular weight excluding hydrogens is 360 g/mol. The van der Waals surface area contributed by atoms with E-state index in [2.05, 4.69) is 0 Å². The number of carbonyl (C=O) groups excluding carboxylic acids is 4. The predicted octanol–water partition coefficient (Wildman–Crippen LogP) is 2.02. The Morgan fingerprint density at radius 3 is 2.15 bits per heavy atom. The van der Waals surface area contributed by atoms with Crippen LogP contribution < -0.4 is 0 Å². The van der Waals surface area contributed by atoms with Gasteiger partial charge in [0.05, 0.1) is 0 Å². The van der Waals surface area contributed by atoms with Gasteiger partial charge in [-0.1, -0.05) is 6.08 Å². The van der Waals surface area contributed by atoms with E-state index in [1.54, 1.807) is 20.8 Å². The quantitative estimate of drug-likeness (QED) is 0.312. The van der Waals surface area contributed by atoms with Gasteiger partial charge in [-0.3, -0.25) is 4.79 Å². The van der Waals surface area contributed by atoms with Crippen molar-refractivity contribution in [3.63, 3.8) is 0 Å². The van der Waals surface area contributed by atoms with Crippen LogP contribution in [0.15, 0.2) is 12.2 Å². The van der Waals surface area contributed by atoms with Gasteiger partial charge in [0.2, 0.25) is 0 Å². The molecule has 0 amide bonds. The number of carbonyl (C=O) groups is 4. The van der Waals surface area contributed by atoms with E-state index >= 15 is 0 Å². The molecule has 0 unspecified atom stereocenters. The first-order valence-corrected chi connectivity index (χ1v) is 8.49. The molecule has 150 valence electrons. The first-order valence-electron chi connectivity index (χ1n) is 8.49. The molecule has 0 radical (unpaired) electrons. The molecule has 1 saturated heterocycles. The SMILES string of the molecule is CC(=O)OC1([C@@H]2C=C[C@H](OC(=O)OC(C)(C)C)C2)C(=O)OC(C)(C)OC1=O. The molecule has 27 heavy (non-hydrogen) atoms. The molecular formula is C18H24O9. The first-order chi connectivity index (χ1) is 12.2. The maximum atomic E-state index is 12.6. The van der Waals surface area contributed by atoms with E-state index in [4.69, 9.17) is 23.7 Å². The van der Waals surface area contributed by atoms with Crippen LogP contribution in [0.2, 0.25) is 0 Å². The van der Waals surface area contributed by atoms with Crippen molar-refractivity contribution in [2.24, 2.45) is 5.92 Å². The summed E-state index contributed by atoms with van der Waals surface area (Å²) >= 11 is 0. The lowest BCUT2D eigenvalue weighted by molar-refractivity contribution is -0.267. The highest BCUT2D eigenvalue weighted by Crippen LogP contribution is 2.40. The van der Waals surface area contributed by atoms with Gasteiger partial charge < -0.3 is 23.7 Å². The molecule has 0 aromatic heterocycles. The van der Waals surface area contributed by atoms with Crippen molar-refractivity contribution in [1.29, 1.82) is 0 Å². The number of cyclic esters (lactones) is 2. The van der Waals surface area contributed by atoms with E-state index in [0.29, 0.717) is 0 Å². The number of esters is 3. The molecule has 1 aliphatic heterocycles. The van der Waals surface area contributed by atoms with E-state index in [9.17, 15) is 19.2 Å². The van der Waals surface area contributed by atoms with Crippen LogP contribution in [-0.2, 0) is 38.1 Å². The van der Waals surface area contributed by atoms with E-state index in [1.165, 1.54) is 26.0 Å². The van der Waals surface area contributed by atoms with Crippen molar-refractivity contribution < 1.29 is 42.9 Å². The summed E-state index contributed by atoms with van der Waals surface area (Å²) in [6.45, 7) is 8.90. The van der Waals surface area contributed by atoms with Gasteiger partial charge in [0.25, 0.3) is 5.79 Å². The Balaban J connectivity index is 2.19. The maximum absolute atomic E-state index is 12.6. The zero-order chi connectivity index (χ0) is 20.6. The minimum atomic E-state index is -2.29. The van der Waals surface area contributed by atoms with Crippen LogP contribution >= 0.6 is 0 Å². The molecule has 9 nitrogen and oxygen atoms in total. The van der Waals surface area contributed by atoms with E-state index < -0.39 is 53.1 Å². The third-order valence-electron chi connectivity index (χ3n) is 3.79. The monoisotopic (exact) mass is 384 g/mol. The van der Waals surface area contributed by atoms with Gasteiger partial charge in [-0.25, -0.2) is 14.4 Å². The highest BCUT2D eigenvalue weighted by molar-refractivity contribution is 6.07. The summed E-state index contributed by atoms with van der Waals surface area (Å²) in [4.78, 5) is 48.6. The summed E-state index contributed by atoms with van der Waals surface area (Å²) in [5.41, 5.74) is -3.02. The van der Waals surface area contributed by atoms with Crippen LogP contribution in [0.3, 0.4) is 0 Å².